The SMILES string of the molecule is O=S(=O)(Nn1nc(-c2ccc(Br)cc2)cc1-c1ccc(Br)cc1)c1ccccc1. The summed E-state index contributed by atoms with van der Waals surface area (Å²) in [5.74, 6) is 0. The van der Waals surface area contributed by atoms with Crippen molar-refractivity contribution in [2.24, 2.45) is 0 Å². The highest BCUT2D eigenvalue weighted by molar-refractivity contribution is 9.10. The predicted octanol–water partition coefficient (Wildman–Crippen LogP) is 5.67. The van der Waals surface area contributed by atoms with E-state index in [1.54, 1.807) is 30.3 Å². The molecule has 0 unspecified atom stereocenters. The van der Waals surface area contributed by atoms with Gasteiger partial charge in [-0.1, -0.05) is 74.3 Å². The van der Waals surface area contributed by atoms with Crippen LogP contribution in [-0.2, 0) is 10.0 Å². The summed E-state index contributed by atoms with van der Waals surface area (Å²) in [6.07, 6.45) is 0. The molecule has 5 nitrogen and oxygen atoms in total. The van der Waals surface area contributed by atoms with E-state index in [-0.39, 0.29) is 4.90 Å². The molecule has 3 aromatic carbocycles. The minimum atomic E-state index is -3.79. The van der Waals surface area contributed by atoms with Crippen molar-refractivity contribution in [3.8, 4) is 22.5 Å². The van der Waals surface area contributed by atoms with E-state index >= 15 is 0 Å². The highest BCUT2D eigenvalue weighted by Gasteiger charge is 2.18. The van der Waals surface area contributed by atoms with Gasteiger partial charge in [0.2, 0.25) is 0 Å². The quantitative estimate of drug-likeness (QED) is 0.360. The molecule has 29 heavy (non-hydrogen) atoms. The molecule has 1 heterocycles. The smallest absolute Gasteiger partial charge is 0.200 e. The van der Waals surface area contributed by atoms with E-state index in [9.17, 15) is 8.42 Å². The number of aromatic nitrogens is 2. The van der Waals surface area contributed by atoms with Crippen molar-refractivity contribution in [2.45, 2.75) is 4.90 Å². The molecule has 0 spiro atoms. The third kappa shape index (κ3) is 4.44. The first-order valence-corrected chi connectivity index (χ1v) is 11.7. The first-order chi connectivity index (χ1) is 13.9. The maximum absolute atomic E-state index is 12.8. The number of rotatable bonds is 5. The molecular formula is C21H15Br2N3O2S. The van der Waals surface area contributed by atoms with E-state index < -0.39 is 10.0 Å². The lowest BCUT2D eigenvalue weighted by Crippen LogP contribution is -2.25. The second-order valence-corrected chi connectivity index (χ2v) is 9.74. The molecule has 1 N–H and O–H groups in total. The van der Waals surface area contributed by atoms with Gasteiger partial charge < -0.3 is 0 Å². The second-order valence-electron chi connectivity index (χ2n) is 6.25. The van der Waals surface area contributed by atoms with Crippen LogP contribution in [0.15, 0.2) is 98.8 Å². The van der Waals surface area contributed by atoms with Gasteiger partial charge in [-0.05, 0) is 42.5 Å². The van der Waals surface area contributed by atoms with Gasteiger partial charge in [-0.15, -0.1) is 0 Å². The molecule has 0 fully saturated rings. The summed E-state index contributed by atoms with van der Waals surface area (Å²) in [6.45, 7) is 0. The minimum Gasteiger partial charge on any atom is -0.200 e. The highest BCUT2D eigenvalue weighted by Crippen LogP contribution is 2.28. The number of hydrogen-bond acceptors (Lipinski definition) is 3. The maximum Gasteiger partial charge on any atom is 0.276 e. The molecule has 0 atom stereocenters. The molecule has 8 heteroatoms. The summed E-state index contributed by atoms with van der Waals surface area (Å²) in [5, 5.41) is 4.52. The second kappa shape index (κ2) is 8.14. The third-order valence-corrected chi connectivity index (χ3v) is 6.61. The van der Waals surface area contributed by atoms with Gasteiger partial charge in [0.15, 0.2) is 0 Å². The zero-order valence-electron chi connectivity index (χ0n) is 15.0. The first kappa shape index (κ1) is 19.9. The fraction of sp³-hybridized carbons (Fsp3) is 0. The van der Waals surface area contributed by atoms with Crippen molar-refractivity contribution in [3.63, 3.8) is 0 Å². The van der Waals surface area contributed by atoms with E-state index in [1.807, 2.05) is 54.6 Å². The standard InChI is InChI=1S/C21H15Br2N3O2S/c22-17-10-6-15(7-11-17)20-14-21(16-8-12-18(23)13-9-16)26(24-20)25-29(27,28)19-4-2-1-3-5-19/h1-14,25H. The van der Waals surface area contributed by atoms with Gasteiger partial charge in [0, 0.05) is 20.1 Å². The van der Waals surface area contributed by atoms with Crippen molar-refractivity contribution >= 4 is 41.9 Å². The zero-order chi connectivity index (χ0) is 20.4. The Kier molecular flexibility index (Phi) is 5.58. The fourth-order valence-corrected chi connectivity index (χ4v) is 4.32. The highest BCUT2D eigenvalue weighted by atomic mass is 79.9. The number of hydrogen-bond donors (Lipinski definition) is 1. The van der Waals surface area contributed by atoms with Gasteiger partial charge in [-0.25, -0.2) is 0 Å². The molecule has 0 saturated heterocycles. The molecule has 0 aliphatic carbocycles. The van der Waals surface area contributed by atoms with E-state index in [2.05, 4.69) is 41.8 Å². The molecular weight excluding hydrogens is 518 g/mol. The van der Waals surface area contributed by atoms with E-state index in [1.165, 1.54) is 4.79 Å². The molecule has 0 bridgehead atoms. The third-order valence-electron chi connectivity index (χ3n) is 4.25. The Labute approximate surface area is 185 Å². The van der Waals surface area contributed by atoms with Gasteiger partial charge in [-0.2, -0.15) is 23.1 Å². The number of sulfonamides is 1. The monoisotopic (exact) mass is 531 g/mol. The van der Waals surface area contributed by atoms with Crippen molar-refractivity contribution in [1.82, 2.24) is 9.89 Å². The van der Waals surface area contributed by atoms with Gasteiger partial charge in [-0.3, -0.25) is 0 Å². The molecule has 4 rings (SSSR count). The summed E-state index contributed by atoms with van der Waals surface area (Å²) in [6, 6.07) is 25.4. The fourth-order valence-electron chi connectivity index (χ4n) is 2.80. The zero-order valence-corrected chi connectivity index (χ0v) is 18.9. The van der Waals surface area contributed by atoms with Crippen molar-refractivity contribution in [1.29, 1.82) is 0 Å². The predicted molar refractivity (Wildman–Crippen MR) is 121 cm³/mol. The number of benzene rings is 3. The number of nitrogens with one attached hydrogen (secondary N) is 1. The summed E-state index contributed by atoms with van der Waals surface area (Å²) >= 11 is 6.85. The molecule has 0 amide bonds. The largest absolute Gasteiger partial charge is 0.276 e. The Bertz CT molecular complexity index is 1240. The van der Waals surface area contributed by atoms with E-state index in [0.29, 0.717) is 11.4 Å². The topological polar surface area (TPSA) is 64.0 Å². The van der Waals surface area contributed by atoms with Crippen LogP contribution in [0.4, 0.5) is 0 Å². The summed E-state index contributed by atoms with van der Waals surface area (Å²) in [5.41, 5.74) is 3.00. The molecule has 0 aliphatic rings. The Morgan fingerprint density at radius 3 is 1.90 bits per heavy atom. The Balaban J connectivity index is 1.80. The van der Waals surface area contributed by atoms with Crippen molar-refractivity contribution in [2.75, 3.05) is 4.83 Å². The van der Waals surface area contributed by atoms with E-state index in [4.69, 9.17) is 0 Å². The summed E-state index contributed by atoms with van der Waals surface area (Å²) in [4.78, 5) is 4.05. The molecule has 0 aliphatic heterocycles. The van der Waals surface area contributed by atoms with Crippen LogP contribution in [0.5, 0.6) is 0 Å². The van der Waals surface area contributed by atoms with Crippen molar-refractivity contribution < 1.29 is 8.42 Å². The van der Waals surface area contributed by atoms with Crippen LogP contribution in [0.3, 0.4) is 0 Å². The molecule has 146 valence electrons. The van der Waals surface area contributed by atoms with Gasteiger partial charge in [0.25, 0.3) is 10.0 Å². The number of halogens is 2. The Morgan fingerprint density at radius 2 is 1.31 bits per heavy atom. The lowest BCUT2D eigenvalue weighted by atomic mass is 10.1. The van der Waals surface area contributed by atoms with Gasteiger partial charge >= 0.3 is 0 Å². The van der Waals surface area contributed by atoms with Crippen LogP contribution in [0.2, 0.25) is 0 Å². The van der Waals surface area contributed by atoms with E-state index in [0.717, 1.165) is 20.1 Å². The van der Waals surface area contributed by atoms with Crippen LogP contribution in [0.25, 0.3) is 22.5 Å². The van der Waals surface area contributed by atoms with Crippen LogP contribution < -0.4 is 4.83 Å². The lowest BCUT2D eigenvalue weighted by Gasteiger charge is -2.11. The molecule has 0 radical (unpaired) electrons. The van der Waals surface area contributed by atoms with Crippen LogP contribution in [0.1, 0.15) is 0 Å². The Hall–Kier alpha value is -2.42. The van der Waals surface area contributed by atoms with Crippen LogP contribution >= 0.6 is 31.9 Å². The molecule has 1 aromatic heterocycles. The normalized spacial score (nSPS) is 11.4. The van der Waals surface area contributed by atoms with Crippen molar-refractivity contribution in [3.05, 3.63) is 93.9 Å². The molecule has 4 aromatic rings. The summed E-state index contributed by atoms with van der Waals surface area (Å²) < 4.78 is 27.6. The summed E-state index contributed by atoms with van der Waals surface area (Å²) in [7, 11) is -3.79. The lowest BCUT2D eigenvalue weighted by molar-refractivity contribution is 0.592. The minimum absolute atomic E-state index is 0.169. The van der Waals surface area contributed by atoms with Gasteiger partial charge in [0.05, 0.1) is 16.3 Å². The van der Waals surface area contributed by atoms with Crippen LogP contribution in [0, 0.1) is 0 Å². The number of nitrogens with zero attached hydrogens (tertiary/aromatic N) is 2. The van der Waals surface area contributed by atoms with Crippen LogP contribution in [-0.4, -0.2) is 18.3 Å². The van der Waals surface area contributed by atoms with Gasteiger partial charge in [0.1, 0.15) is 0 Å². The molecule has 0 saturated carbocycles. The Morgan fingerprint density at radius 1 is 0.759 bits per heavy atom. The average molecular weight is 533 g/mol. The first-order valence-electron chi connectivity index (χ1n) is 8.62. The average Bonchev–Trinajstić information content (AvgIpc) is 3.13. The maximum atomic E-state index is 12.8.